The van der Waals surface area contributed by atoms with E-state index in [1.807, 2.05) is 0 Å². The molecule has 1 aliphatic heterocycles. The molecular formula is C9H9BrFNO. The number of aromatic hydroxyl groups is 1. The quantitative estimate of drug-likeness (QED) is 0.797. The van der Waals surface area contributed by atoms with Crippen molar-refractivity contribution in [1.29, 1.82) is 0 Å². The van der Waals surface area contributed by atoms with Crippen LogP contribution in [0.4, 0.5) is 4.39 Å². The third kappa shape index (κ3) is 1.44. The molecule has 70 valence electrons. The van der Waals surface area contributed by atoms with Gasteiger partial charge in [0, 0.05) is 11.6 Å². The Balaban J connectivity index is 2.46. The predicted molar refractivity (Wildman–Crippen MR) is 51.1 cm³/mol. The molecular weight excluding hydrogens is 237 g/mol. The number of hydrogen-bond acceptors (Lipinski definition) is 2. The van der Waals surface area contributed by atoms with Crippen molar-refractivity contribution < 1.29 is 9.50 Å². The highest BCUT2D eigenvalue weighted by molar-refractivity contribution is 9.10. The molecule has 2 nitrogen and oxygen atoms in total. The van der Waals surface area contributed by atoms with E-state index in [0.717, 1.165) is 13.0 Å². The van der Waals surface area contributed by atoms with E-state index >= 15 is 0 Å². The van der Waals surface area contributed by atoms with E-state index in [-0.39, 0.29) is 17.6 Å². The van der Waals surface area contributed by atoms with Crippen molar-refractivity contribution in [3.63, 3.8) is 0 Å². The van der Waals surface area contributed by atoms with Crippen LogP contribution in [0.1, 0.15) is 18.0 Å². The minimum absolute atomic E-state index is 0.0113. The summed E-state index contributed by atoms with van der Waals surface area (Å²) in [6, 6.07) is 2.84. The molecule has 1 saturated heterocycles. The molecule has 0 aromatic heterocycles. The molecule has 4 heteroatoms. The van der Waals surface area contributed by atoms with E-state index in [4.69, 9.17) is 0 Å². The average Bonchev–Trinajstić information content (AvgIpc) is 2.02. The van der Waals surface area contributed by atoms with Gasteiger partial charge in [-0.2, -0.15) is 0 Å². The molecule has 0 amide bonds. The van der Waals surface area contributed by atoms with Crippen molar-refractivity contribution >= 4 is 15.9 Å². The summed E-state index contributed by atoms with van der Waals surface area (Å²) in [7, 11) is 0. The molecule has 1 aliphatic rings. The molecule has 1 aromatic rings. The Labute approximate surface area is 83.9 Å². The second kappa shape index (κ2) is 3.27. The fourth-order valence-electron chi connectivity index (χ4n) is 1.42. The topological polar surface area (TPSA) is 32.3 Å². The van der Waals surface area contributed by atoms with Gasteiger partial charge in [-0.1, -0.05) is 0 Å². The zero-order chi connectivity index (χ0) is 9.42. The number of phenolic OH excluding ortho intramolecular Hbond substituents is 1. The largest absolute Gasteiger partial charge is 0.506 e. The third-order valence-corrected chi connectivity index (χ3v) is 2.93. The predicted octanol–water partition coefficient (Wildman–Crippen LogP) is 2.33. The number of rotatable bonds is 1. The molecule has 0 unspecified atom stereocenters. The second-order valence-electron chi connectivity index (χ2n) is 3.09. The lowest BCUT2D eigenvalue weighted by atomic mass is 9.97. The van der Waals surface area contributed by atoms with Crippen molar-refractivity contribution in [3.05, 3.63) is 28.0 Å². The Bertz CT molecular complexity index is 339. The maximum Gasteiger partial charge on any atom is 0.137 e. The maximum atomic E-state index is 13.3. The normalized spacial score (nSPS) is 21.2. The molecule has 0 radical (unpaired) electrons. The van der Waals surface area contributed by atoms with Crippen molar-refractivity contribution in [3.8, 4) is 5.75 Å². The summed E-state index contributed by atoms with van der Waals surface area (Å²) >= 11 is 3.16. The number of benzene rings is 1. The number of halogens is 2. The number of nitrogens with one attached hydrogen (secondary N) is 1. The first-order valence-electron chi connectivity index (χ1n) is 4.10. The first-order chi connectivity index (χ1) is 6.20. The van der Waals surface area contributed by atoms with Crippen molar-refractivity contribution in [2.45, 2.75) is 12.5 Å². The maximum absolute atomic E-state index is 13.3. The summed E-state index contributed by atoms with van der Waals surface area (Å²) in [5, 5.41) is 12.6. The Morgan fingerprint density at radius 3 is 2.77 bits per heavy atom. The van der Waals surface area contributed by atoms with Crippen LogP contribution in [0, 0.1) is 5.82 Å². The zero-order valence-corrected chi connectivity index (χ0v) is 8.44. The van der Waals surface area contributed by atoms with Crippen LogP contribution in [-0.2, 0) is 0 Å². The Morgan fingerprint density at radius 1 is 1.54 bits per heavy atom. The summed E-state index contributed by atoms with van der Waals surface area (Å²) in [6.45, 7) is 0.885. The van der Waals surface area contributed by atoms with E-state index in [1.165, 1.54) is 12.1 Å². The highest BCUT2D eigenvalue weighted by Gasteiger charge is 2.25. The second-order valence-corrected chi connectivity index (χ2v) is 3.94. The molecule has 0 saturated carbocycles. The lowest BCUT2D eigenvalue weighted by Crippen LogP contribution is -2.35. The lowest BCUT2D eigenvalue weighted by molar-refractivity contribution is 0.350. The zero-order valence-electron chi connectivity index (χ0n) is 6.85. The van der Waals surface area contributed by atoms with E-state index in [1.54, 1.807) is 0 Å². The molecule has 2 N–H and O–H groups in total. The van der Waals surface area contributed by atoms with E-state index in [9.17, 15) is 9.50 Å². The van der Waals surface area contributed by atoms with Gasteiger partial charge >= 0.3 is 0 Å². The van der Waals surface area contributed by atoms with Crippen molar-refractivity contribution in [2.75, 3.05) is 6.54 Å². The molecule has 13 heavy (non-hydrogen) atoms. The molecule has 2 rings (SSSR count). The van der Waals surface area contributed by atoms with E-state index < -0.39 is 0 Å². The lowest BCUT2D eigenvalue weighted by Gasteiger charge is -2.29. The van der Waals surface area contributed by atoms with Gasteiger partial charge in [-0.15, -0.1) is 0 Å². The summed E-state index contributed by atoms with van der Waals surface area (Å²) in [4.78, 5) is 0. The van der Waals surface area contributed by atoms with Gasteiger partial charge < -0.3 is 10.4 Å². The van der Waals surface area contributed by atoms with Crippen LogP contribution in [-0.4, -0.2) is 11.7 Å². The Hall–Kier alpha value is -0.610. The van der Waals surface area contributed by atoms with Crippen LogP contribution in [0.15, 0.2) is 16.6 Å². The molecule has 0 spiro atoms. The van der Waals surface area contributed by atoms with Crippen LogP contribution < -0.4 is 5.32 Å². The van der Waals surface area contributed by atoms with Gasteiger partial charge in [-0.25, -0.2) is 4.39 Å². The number of phenols is 1. The molecule has 1 fully saturated rings. The van der Waals surface area contributed by atoms with Gasteiger partial charge in [-0.05, 0) is 41.0 Å². The van der Waals surface area contributed by atoms with Gasteiger partial charge in [0.15, 0.2) is 0 Å². The fourth-order valence-corrected chi connectivity index (χ4v) is 1.77. The average molecular weight is 246 g/mol. The first-order valence-corrected chi connectivity index (χ1v) is 4.89. The van der Waals surface area contributed by atoms with Crippen LogP contribution in [0.2, 0.25) is 0 Å². The van der Waals surface area contributed by atoms with Gasteiger partial charge in [0.05, 0.1) is 4.47 Å². The number of hydrogen-bond donors (Lipinski definition) is 2. The minimum atomic E-state index is -0.349. The molecule has 1 heterocycles. The van der Waals surface area contributed by atoms with Gasteiger partial charge in [0.25, 0.3) is 0 Å². The molecule has 1 aromatic carbocycles. The van der Waals surface area contributed by atoms with Crippen molar-refractivity contribution in [2.24, 2.45) is 0 Å². The Morgan fingerprint density at radius 2 is 2.23 bits per heavy atom. The van der Waals surface area contributed by atoms with E-state index in [0.29, 0.717) is 10.0 Å². The van der Waals surface area contributed by atoms with Crippen LogP contribution in [0.3, 0.4) is 0 Å². The molecule has 0 aliphatic carbocycles. The summed E-state index contributed by atoms with van der Waals surface area (Å²) in [6.07, 6.45) is 0.876. The van der Waals surface area contributed by atoms with Gasteiger partial charge in [0.2, 0.25) is 0 Å². The highest BCUT2D eigenvalue weighted by atomic mass is 79.9. The monoisotopic (exact) mass is 245 g/mol. The van der Waals surface area contributed by atoms with Crippen molar-refractivity contribution in [1.82, 2.24) is 5.32 Å². The van der Waals surface area contributed by atoms with E-state index in [2.05, 4.69) is 21.2 Å². The standard InChI is InChI=1S/C9H9BrFNO/c10-5-1-2-6(11)8(9(5)13)7-3-4-12-7/h1-2,7,12-13H,3-4H2/t7-/m1/s1. The molecule has 1 atom stereocenters. The fraction of sp³-hybridized carbons (Fsp3) is 0.333. The van der Waals surface area contributed by atoms with Gasteiger partial charge in [0.1, 0.15) is 11.6 Å². The molecule has 0 bridgehead atoms. The minimum Gasteiger partial charge on any atom is -0.506 e. The van der Waals surface area contributed by atoms with Crippen LogP contribution >= 0.6 is 15.9 Å². The Kier molecular flexibility index (Phi) is 2.26. The summed E-state index contributed by atoms with van der Waals surface area (Å²) in [5.41, 5.74) is 0.376. The van der Waals surface area contributed by atoms with Gasteiger partial charge in [-0.3, -0.25) is 0 Å². The van der Waals surface area contributed by atoms with Crippen LogP contribution in [0.5, 0.6) is 5.75 Å². The SMILES string of the molecule is Oc1c(Br)ccc(F)c1[C@H]1CCN1. The smallest absolute Gasteiger partial charge is 0.137 e. The summed E-state index contributed by atoms with van der Waals surface area (Å²) < 4.78 is 13.8. The summed E-state index contributed by atoms with van der Waals surface area (Å²) in [5.74, 6) is -0.338. The third-order valence-electron chi connectivity index (χ3n) is 2.29. The highest BCUT2D eigenvalue weighted by Crippen LogP contribution is 2.37. The van der Waals surface area contributed by atoms with Crippen LogP contribution in [0.25, 0.3) is 0 Å². The first kappa shape index (κ1) is 8.97.